The monoisotopic (exact) mass is 252 g/mol. The van der Waals surface area contributed by atoms with Gasteiger partial charge in [0.2, 0.25) is 5.91 Å². The van der Waals surface area contributed by atoms with Crippen molar-refractivity contribution in [3.63, 3.8) is 0 Å². The van der Waals surface area contributed by atoms with Crippen molar-refractivity contribution >= 4 is 5.91 Å². The van der Waals surface area contributed by atoms with Gasteiger partial charge in [-0.25, -0.2) is 4.39 Å². The number of nitrogens with one attached hydrogen (secondary N) is 1. The van der Waals surface area contributed by atoms with Gasteiger partial charge in [0.05, 0.1) is 6.04 Å². The van der Waals surface area contributed by atoms with Gasteiger partial charge in [0, 0.05) is 11.5 Å². The van der Waals surface area contributed by atoms with Crippen LogP contribution in [0, 0.1) is 11.7 Å². The van der Waals surface area contributed by atoms with Crippen molar-refractivity contribution < 1.29 is 9.18 Å². The number of hydrogen-bond donors (Lipinski definition) is 2. The fourth-order valence-corrected chi connectivity index (χ4v) is 1.81. The summed E-state index contributed by atoms with van der Waals surface area (Å²) >= 11 is 0. The van der Waals surface area contributed by atoms with E-state index in [0.29, 0.717) is 12.1 Å². The van der Waals surface area contributed by atoms with E-state index >= 15 is 0 Å². The lowest BCUT2D eigenvalue weighted by molar-refractivity contribution is -0.125. The average Bonchev–Trinajstić information content (AvgIpc) is 2.36. The van der Waals surface area contributed by atoms with Gasteiger partial charge < -0.3 is 11.1 Å². The molecule has 0 spiro atoms. The van der Waals surface area contributed by atoms with Gasteiger partial charge >= 0.3 is 0 Å². The van der Waals surface area contributed by atoms with Crippen LogP contribution < -0.4 is 11.1 Å². The molecule has 0 fully saturated rings. The smallest absolute Gasteiger partial charge is 0.223 e. The maximum Gasteiger partial charge on any atom is 0.223 e. The first-order valence-corrected chi connectivity index (χ1v) is 6.31. The Labute approximate surface area is 108 Å². The second-order valence-corrected chi connectivity index (χ2v) is 4.58. The van der Waals surface area contributed by atoms with Crippen LogP contribution in [0.25, 0.3) is 0 Å². The van der Waals surface area contributed by atoms with E-state index in [2.05, 4.69) is 5.32 Å². The number of amides is 1. The standard InChI is InChI=1S/C14H21FN2O/c1-10(6-5-9-16)14(18)17-11(2)12-7-3-4-8-13(12)15/h3-4,7-8,10-11H,5-6,9,16H2,1-2H3,(H,17,18)/t10?,11-/m1/s1. The SMILES string of the molecule is CC(CCCN)C(=O)N[C@H](C)c1ccccc1F. The Kier molecular flexibility index (Phi) is 5.78. The summed E-state index contributed by atoms with van der Waals surface area (Å²) in [6.07, 6.45) is 1.58. The number of rotatable bonds is 6. The van der Waals surface area contributed by atoms with Crippen molar-refractivity contribution in [2.75, 3.05) is 6.54 Å². The summed E-state index contributed by atoms with van der Waals surface area (Å²) in [6.45, 7) is 4.23. The summed E-state index contributed by atoms with van der Waals surface area (Å²) in [7, 11) is 0. The lowest BCUT2D eigenvalue weighted by Crippen LogP contribution is -2.32. The van der Waals surface area contributed by atoms with E-state index in [1.54, 1.807) is 25.1 Å². The molecule has 1 aromatic carbocycles. The summed E-state index contributed by atoms with van der Waals surface area (Å²) < 4.78 is 13.5. The highest BCUT2D eigenvalue weighted by atomic mass is 19.1. The minimum absolute atomic E-state index is 0.0563. The van der Waals surface area contributed by atoms with Crippen LogP contribution in [0.15, 0.2) is 24.3 Å². The largest absolute Gasteiger partial charge is 0.349 e. The molecule has 0 aliphatic rings. The summed E-state index contributed by atoms with van der Waals surface area (Å²) in [6, 6.07) is 6.16. The van der Waals surface area contributed by atoms with Crippen LogP contribution in [0.5, 0.6) is 0 Å². The fourth-order valence-electron chi connectivity index (χ4n) is 1.81. The maximum absolute atomic E-state index is 13.5. The zero-order valence-corrected chi connectivity index (χ0v) is 10.9. The van der Waals surface area contributed by atoms with Gasteiger partial charge in [-0.1, -0.05) is 25.1 Å². The van der Waals surface area contributed by atoms with Crippen molar-refractivity contribution in [3.05, 3.63) is 35.6 Å². The summed E-state index contributed by atoms with van der Waals surface area (Å²) in [5.74, 6) is -0.443. The number of halogens is 1. The molecule has 1 aromatic rings. The first-order valence-electron chi connectivity index (χ1n) is 6.31. The normalized spacial score (nSPS) is 14.0. The molecule has 18 heavy (non-hydrogen) atoms. The topological polar surface area (TPSA) is 55.1 Å². The van der Waals surface area contributed by atoms with Crippen molar-refractivity contribution in [2.24, 2.45) is 11.7 Å². The minimum Gasteiger partial charge on any atom is -0.349 e. The maximum atomic E-state index is 13.5. The highest BCUT2D eigenvalue weighted by Crippen LogP contribution is 2.17. The van der Waals surface area contributed by atoms with Gasteiger partial charge in [0.25, 0.3) is 0 Å². The lowest BCUT2D eigenvalue weighted by Gasteiger charge is -2.18. The van der Waals surface area contributed by atoms with Gasteiger partial charge in [-0.05, 0) is 32.4 Å². The Balaban J connectivity index is 2.57. The second-order valence-electron chi connectivity index (χ2n) is 4.58. The lowest BCUT2D eigenvalue weighted by atomic mass is 10.0. The molecule has 100 valence electrons. The summed E-state index contributed by atoms with van der Waals surface area (Å²) in [5.41, 5.74) is 5.92. The Morgan fingerprint density at radius 1 is 1.39 bits per heavy atom. The molecule has 0 heterocycles. The van der Waals surface area contributed by atoms with Crippen LogP contribution in [0.4, 0.5) is 4.39 Å². The van der Waals surface area contributed by atoms with Crippen LogP contribution in [-0.2, 0) is 4.79 Å². The third kappa shape index (κ3) is 4.11. The molecule has 0 aliphatic heterocycles. The van der Waals surface area contributed by atoms with Gasteiger partial charge in [-0.15, -0.1) is 0 Å². The van der Waals surface area contributed by atoms with E-state index in [1.807, 2.05) is 6.92 Å². The minimum atomic E-state index is -0.320. The molecular weight excluding hydrogens is 231 g/mol. The molecule has 0 saturated heterocycles. The van der Waals surface area contributed by atoms with Crippen LogP contribution in [0.3, 0.4) is 0 Å². The molecule has 0 radical (unpaired) electrons. The molecule has 4 heteroatoms. The third-order valence-corrected chi connectivity index (χ3v) is 3.02. The predicted molar refractivity (Wildman–Crippen MR) is 70.4 cm³/mol. The van der Waals surface area contributed by atoms with E-state index in [0.717, 1.165) is 12.8 Å². The van der Waals surface area contributed by atoms with Gasteiger partial charge in [-0.3, -0.25) is 4.79 Å². The van der Waals surface area contributed by atoms with Gasteiger partial charge in [0.1, 0.15) is 5.82 Å². The van der Waals surface area contributed by atoms with Crippen LogP contribution in [0.2, 0.25) is 0 Å². The number of benzene rings is 1. The molecule has 3 N–H and O–H groups in total. The molecular formula is C14H21FN2O. The molecule has 1 unspecified atom stereocenters. The summed E-state index contributed by atoms with van der Waals surface area (Å²) in [5, 5.41) is 2.83. The van der Waals surface area contributed by atoms with E-state index in [1.165, 1.54) is 6.07 Å². The van der Waals surface area contributed by atoms with E-state index < -0.39 is 0 Å². The molecule has 3 nitrogen and oxygen atoms in total. The van der Waals surface area contributed by atoms with Gasteiger partial charge in [0.15, 0.2) is 0 Å². The average molecular weight is 252 g/mol. The molecule has 0 bridgehead atoms. The number of nitrogens with two attached hydrogens (primary N) is 1. The molecule has 1 rings (SSSR count). The molecule has 0 saturated carbocycles. The van der Waals surface area contributed by atoms with E-state index in [4.69, 9.17) is 5.73 Å². The predicted octanol–water partition coefficient (Wildman–Crippen LogP) is 2.38. The molecule has 2 atom stereocenters. The second kappa shape index (κ2) is 7.11. The van der Waals surface area contributed by atoms with Crippen LogP contribution >= 0.6 is 0 Å². The molecule has 0 aliphatic carbocycles. The zero-order chi connectivity index (χ0) is 13.5. The van der Waals surface area contributed by atoms with Crippen molar-refractivity contribution in [1.29, 1.82) is 0 Å². The zero-order valence-electron chi connectivity index (χ0n) is 10.9. The Morgan fingerprint density at radius 3 is 2.67 bits per heavy atom. The fraction of sp³-hybridized carbons (Fsp3) is 0.500. The Hall–Kier alpha value is -1.42. The first-order chi connectivity index (χ1) is 8.56. The van der Waals surface area contributed by atoms with Gasteiger partial charge in [-0.2, -0.15) is 0 Å². The Morgan fingerprint density at radius 2 is 2.06 bits per heavy atom. The number of hydrogen-bond acceptors (Lipinski definition) is 2. The molecule has 1 amide bonds. The number of carbonyl (C=O) groups is 1. The number of carbonyl (C=O) groups excluding carboxylic acids is 1. The van der Waals surface area contributed by atoms with Crippen LogP contribution in [0.1, 0.15) is 38.3 Å². The first kappa shape index (κ1) is 14.6. The van der Waals surface area contributed by atoms with E-state index in [-0.39, 0.29) is 23.7 Å². The Bertz CT molecular complexity index is 395. The quantitative estimate of drug-likeness (QED) is 0.816. The highest BCUT2D eigenvalue weighted by molar-refractivity contribution is 5.78. The molecule has 0 aromatic heterocycles. The van der Waals surface area contributed by atoms with Crippen molar-refractivity contribution in [1.82, 2.24) is 5.32 Å². The van der Waals surface area contributed by atoms with Crippen LogP contribution in [-0.4, -0.2) is 12.5 Å². The van der Waals surface area contributed by atoms with E-state index in [9.17, 15) is 9.18 Å². The third-order valence-electron chi connectivity index (χ3n) is 3.02. The highest BCUT2D eigenvalue weighted by Gasteiger charge is 2.17. The summed E-state index contributed by atoms with van der Waals surface area (Å²) in [4.78, 5) is 11.9. The van der Waals surface area contributed by atoms with Crippen molar-refractivity contribution in [2.45, 2.75) is 32.7 Å². The van der Waals surface area contributed by atoms with Crippen molar-refractivity contribution in [3.8, 4) is 0 Å².